The summed E-state index contributed by atoms with van der Waals surface area (Å²) in [6.45, 7) is 9.63. The van der Waals surface area contributed by atoms with Crippen LogP contribution in [-0.2, 0) is 4.74 Å². The molecule has 1 aromatic heterocycles. The molecule has 0 aliphatic heterocycles. The molecule has 0 radical (unpaired) electrons. The fourth-order valence-corrected chi connectivity index (χ4v) is 3.74. The monoisotopic (exact) mass is 404 g/mol. The molecule has 4 heteroatoms. The summed E-state index contributed by atoms with van der Waals surface area (Å²) >= 11 is 1.68. The van der Waals surface area contributed by atoms with Crippen LogP contribution in [0.4, 0.5) is 0 Å². The van der Waals surface area contributed by atoms with Crippen molar-refractivity contribution in [2.45, 2.75) is 20.8 Å². The zero-order valence-corrected chi connectivity index (χ0v) is 17.7. The number of ketones is 1. The van der Waals surface area contributed by atoms with E-state index in [0.717, 1.165) is 16.7 Å². The second kappa shape index (κ2) is 8.58. The van der Waals surface area contributed by atoms with Gasteiger partial charge in [0.25, 0.3) is 0 Å². The lowest BCUT2D eigenvalue weighted by atomic mass is 9.78. The third-order valence-electron chi connectivity index (χ3n) is 5.08. The summed E-state index contributed by atoms with van der Waals surface area (Å²) in [5.41, 5.74) is 3.13. The van der Waals surface area contributed by atoms with E-state index in [4.69, 9.17) is 4.74 Å². The molecule has 1 unspecified atom stereocenters. The molecule has 1 aliphatic rings. The van der Waals surface area contributed by atoms with Crippen LogP contribution in [0, 0.1) is 5.41 Å². The van der Waals surface area contributed by atoms with Crippen LogP contribution >= 0.6 is 11.3 Å². The lowest BCUT2D eigenvalue weighted by Gasteiger charge is -2.23. The second-order valence-electron chi connectivity index (χ2n) is 7.40. The number of ether oxygens (including phenoxy) is 1. The zero-order valence-electron chi connectivity index (χ0n) is 16.9. The standard InChI is InChI=1S/C25H24O3S/c1-17(2)16-28-24(27)21-9-7-20(8-10-21)23(26)25(4)14-13-19(18(25)3)11-12-22-6-5-15-29-22/h5-15H,1,16H2,2-4H3. The zero-order chi connectivity index (χ0) is 21.0. The summed E-state index contributed by atoms with van der Waals surface area (Å²) in [6.07, 6.45) is 8.07. The second-order valence-corrected chi connectivity index (χ2v) is 8.38. The van der Waals surface area contributed by atoms with Crippen LogP contribution in [0.5, 0.6) is 0 Å². The summed E-state index contributed by atoms with van der Waals surface area (Å²) in [5, 5.41) is 2.04. The molecule has 148 valence electrons. The molecular formula is C25H24O3S. The molecule has 3 rings (SSSR count). The van der Waals surface area contributed by atoms with Crippen LogP contribution in [0.25, 0.3) is 6.08 Å². The van der Waals surface area contributed by atoms with Crippen molar-refractivity contribution in [1.82, 2.24) is 0 Å². The summed E-state index contributed by atoms with van der Waals surface area (Å²) in [4.78, 5) is 26.4. The number of Topliss-reactive ketones (excluding diaryl/α,β-unsaturated/α-hetero) is 1. The maximum atomic E-state index is 13.2. The predicted molar refractivity (Wildman–Crippen MR) is 119 cm³/mol. The van der Waals surface area contributed by atoms with Gasteiger partial charge in [0.2, 0.25) is 0 Å². The Labute approximate surface area is 175 Å². The van der Waals surface area contributed by atoms with Gasteiger partial charge in [-0.3, -0.25) is 4.79 Å². The van der Waals surface area contributed by atoms with Gasteiger partial charge in [-0.1, -0.05) is 43.0 Å². The number of benzene rings is 1. The molecule has 0 bridgehead atoms. The van der Waals surface area contributed by atoms with Crippen molar-refractivity contribution in [1.29, 1.82) is 0 Å². The number of hydrogen-bond donors (Lipinski definition) is 0. The molecule has 0 saturated carbocycles. The SMILES string of the molecule is C=C(C)COC(=O)c1ccc(C(=O)C2(C)C=CC(C=Cc3cccs3)=C2C)cc1. The van der Waals surface area contributed by atoms with Crippen molar-refractivity contribution in [3.8, 4) is 0 Å². The highest BCUT2D eigenvalue weighted by Crippen LogP contribution is 2.40. The Kier molecular flexibility index (Phi) is 6.14. The van der Waals surface area contributed by atoms with Crippen molar-refractivity contribution in [2.24, 2.45) is 5.41 Å². The fourth-order valence-electron chi connectivity index (χ4n) is 3.12. The Morgan fingerprint density at radius 2 is 1.83 bits per heavy atom. The van der Waals surface area contributed by atoms with Crippen LogP contribution in [0.3, 0.4) is 0 Å². The smallest absolute Gasteiger partial charge is 0.338 e. The Bertz CT molecular complexity index is 1020. The summed E-state index contributed by atoms with van der Waals surface area (Å²) in [6, 6.07) is 10.7. The molecule has 1 aliphatic carbocycles. The number of rotatable bonds is 7. The molecule has 0 fully saturated rings. The predicted octanol–water partition coefficient (Wildman–Crippen LogP) is 6.27. The van der Waals surface area contributed by atoms with Gasteiger partial charge in [-0.05, 0) is 67.1 Å². The average Bonchev–Trinajstić information content (AvgIpc) is 3.33. The van der Waals surface area contributed by atoms with E-state index in [9.17, 15) is 9.59 Å². The Balaban J connectivity index is 1.76. The molecule has 0 N–H and O–H groups in total. The minimum Gasteiger partial charge on any atom is -0.458 e. The number of carbonyl (C=O) groups is 2. The van der Waals surface area contributed by atoms with Gasteiger partial charge in [0.05, 0.1) is 11.0 Å². The van der Waals surface area contributed by atoms with Crippen LogP contribution in [-0.4, -0.2) is 18.4 Å². The first-order chi connectivity index (χ1) is 13.8. The number of thiophene rings is 1. The number of hydrogen-bond acceptors (Lipinski definition) is 4. The van der Waals surface area contributed by atoms with Gasteiger partial charge in [0, 0.05) is 10.4 Å². The van der Waals surface area contributed by atoms with Crippen LogP contribution in [0.15, 0.2) is 83.3 Å². The maximum absolute atomic E-state index is 13.2. The Morgan fingerprint density at radius 1 is 1.14 bits per heavy atom. The van der Waals surface area contributed by atoms with Crippen molar-refractivity contribution in [3.05, 3.63) is 99.3 Å². The van der Waals surface area contributed by atoms with Gasteiger partial charge < -0.3 is 4.74 Å². The van der Waals surface area contributed by atoms with E-state index in [0.29, 0.717) is 11.1 Å². The van der Waals surface area contributed by atoms with Gasteiger partial charge >= 0.3 is 5.97 Å². The van der Waals surface area contributed by atoms with E-state index in [1.54, 1.807) is 42.5 Å². The summed E-state index contributed by atoms with van der Waals surface area (Å²) < 4.78 is 5.15. The van der Waals surface area contributed by atoms with Crippen molar-refractivity contribution < 1.29 is 14.3 Å². The topological polar surface area (TPSA) is 43.4 Å². The molecule has 1 heterocycles. The quantitative estimate of drug-likeness (QED) is 0.310. The molecule has 29 heavy (non-hydrogen) atoms. The molecular weight excluding hydrogens is 380 g/mol. The normalized spacial score (nSPS) is 18.4. The molecule has 2 aromatic rings. The van der Waals surface area contributed by atoms with Crippen molar-refractivity contribution in [3.63, 3.8) is 0 Å². The van der Waals surface area contributed by atoms with Gasteiger partial charge in [-0.2, -0.15) is 0 Å². The van der Waals surface area contributed by atoms with E-state index < -0.39 is 11.4 Å². The van der Waals surface area contributed by atoms with Crippen LogP contribution in [0.2, 0.25) is 0 Å². The summed E-state index contributed by atoms with van der Waals surface area (Å²) in [7, 11) is 0. The first-order valence-corrected chi connectivity index (χ1v) is 10.3. The molecule has 0 amide bonds. The molecule has 1 atom stereocenters. The van der Waals surface area contributed by atoms with Crippen molar-refractivity contribution >= 4 is 29.2 Å². The average molecular weight is 405 g/mol. The highest BCUT2D eigenvalue weighted by Gasteiger charge is 2.37. The number of carbonyl (C=O) groups excluding carboxylic acids is 2. The highest BCUT2D eigenvalue weighted by atomic mass is 32.1. The largest absolute Gasteiger partial charge is 0.458 e. The van der Waals surface area contributed by atoms with E-state index in [2.05, 4.69) is 24.8 Å². The first-order valence-electron chi connectivity index (χ1n) is 9.40. The Morgan fingerprint density at radius 3 is 2.45 bits per heavy atom. The molecule has 0 saturated heterocycles. The third-order valence-corrected chi connectivity index (χ3v) is 5.92. The van der Waals surface area contributed by atoms with Gasteiger partial charge in [-0.25, -0.2) is 4.79 Å². The van der Waals surface area contributed by atoms with Crippen molar-refractivity contribution in [2.75, 3.05) is 6.61 Å². The number of allylic oxidation sites excluding steroid dienone is 5. The minimum atomic E-state index is -0.697. The van der Waals surface area contributed by atoms with E-state index in [1.807, 2.05) is 37.4 Å². The lowest BCUT2D eigenvalue weighted by Crippen LogP contribution is -2.25. The third kappa shape index (κ3) is 4.54. The molecule has 1 aromatic carbocycles. The minimum absolute atomic E-state index is 0.00706. The highest BCUT2D eigenvalue weighted by molar-refractivity contribution is 7.10. The molecule has 3 nitrogen and oxygen atoms in total. The van der Waals surface area contributed by atoms with Crippen LogP contribution < -0.4 is 0 Å². The maximum Gasteiger partial charge on any atom is 0.338 e. The van der Waals surface area contributed by atoms with E-state index >= 15 is 0 Å². The fraction of sp³-hybridized carbons (Fsp3) is 0.200. The van der Waals surface area contributed by atoms with Gasteiger partial charge in [-0.15, -0.1) is 11.3 Å². The molecule has 0 spiro atoms. The Hall–Kier alpha value is -2.98. The van der Waals surface area contributed by atoms with Gasteiger partial charge in [0.1, 0.15) is 6.61 Å². The van der Waals surface area contributed by atoms with E-state index in [-0.39, 0.29) is 12.4 Å². The first kappa shape index (κ1) is 20.7. The van der Waals surface area contributed by atoms with Crippen LogP contribution in [0.1, 0.15) is 46.4 Å². The lowest BCUT2D eigenvalue weighted by molar-refractivity contribution is 0.0540. The summed E-state index contributed by atoms with van der Waals surface area (Å²) in [5.74, 6) is -0.413. The van der Waals surface area contributed by atoms with E-state index in [1.165, 1.54) is 4.88 Å². The number of esters is 1. The van der Waals surface area contributed by atoms with Gasteiger partial charge in [0.15, 0.2) is 5.78 Å².